The van der Waals surface area contributed by atoms with Crippen LogP contribution in [0.2, 0.25) is 10.0 Å². The molecule has 7 heteroatoms. The summed E-state index contributed by atoms with van der Waals surface area (Å²) in [6.07, 6.45) is 0.727. The second kappa shape index (κ2) is 8.70. The number of halogens is 2. The van der Waals surface area contributed by atoms with Crippen molar-refractivity contribution in [3.8, 4) is 11.5 Å². The zero-order chi connectivity index (χ0) is 17.6. The molecule has 0 saturated heterocycles. The van der Waals surface area contributed by atoms with E-state index in [-0.39, 0.29) is 5.91 Å². The Morgan fingerprint density at radius 3 is 2.72 bits per heavy atom. The van der Waals surface area contributed by atoms with Crippen LogP contribution in [0.5, 0.6) is 11.5 Å². The maximum absolute atomic E-state index is 12.0. The van der Waals surface area contributed by atoms with Gasteiger partial charge in [-0.25, -0.2) is 0 Å². The number of carbonyl (C=O) groups excluding carboxylic acids is 1. The minimum Gasteiger partial charge on any atom is -0.486 e. The summed E-state index contributed by atoms with van der Waals surface area (Å²) >= 11 is 13.4. The van der Waals surface area contributed by atoms with Gasteiger partial charge in [0.15, 0.2) is 11.5 Å². The largest absolute Gasteiger partial charge is 0.486 e. The zero-order valence-corrected chi connectivity index (χ0v) is 15.7. The summed E-state index contributed by atoms with van der Waals surface area (Å²) < 4.78 is 11.1. The molecule has 0 radical (unpaired) electrons. The Balaban J connectivity index is 1.44. The Morgan fingerprint density at radius 2 is 1.88 bits per heavy atom. The Bertz CT molecular complexity index is 770. The van der Waals surface area contributed by atoms with E-state index in [2.05, 4.69) is 5.32 Å². The standard InChI is InChI=1S/C18H17Cl2NO3S/c19-13-2-3-14(20)17(10-13)25-11-18(22)21-6-5-12-1-4-15-16(9-12)24-8-7-23-15/h1-4,9-10H,5-8,11H2,(H,21,22). The topological polar surface area (TPSA) is 47.6 Å². The maximum Gasteiger partial charge on any atom is 0.230 e. The highest BCUT2D eigenvalue weighted by Crippen LogP contribution is 2.31. The molecule has 1 aliphatic heterocycles. The van der Waals surface area contributed by atoms with Crippen LogP contribution in [0.1, 0.15) is 5.56 Å². The van der Waals surface area contributed by atoms with Gasteiger partial charge in [0.25, 0.3) is 0 Å². The number of fused-ring (bicyclic) bond motifs is 1. The van der Waals surface area contributed by atoms with Gasteiger partial charge in [0, 0.05) is 16.5 Å². The average Bonchev–Trinajstić information content (AvgIpc) is 2.62. The van der Waals surface area contributed by atoms with E-state index in [0.717, 1.165) is 28.4 Å². The van der Waals surface area contributed by atoms with Gasteiger partial charge >= 0.3 is 0 Å². The molecule has 0 bridgehead atoms. The number of nitrogens with one attached hydrogen (secondary N) is 1. The van der Waals surface area contributed by atoms with Gasteiger partial charge in [0.2, 0.25) is 5.91 Å². The SMILES string of the molecule is O=C(CSc1cc(Cl)ccc1Cl)NCCc1ccc2c(c1)OCCO2. The van der Waals surface area contributed by atoms with Crippen molar-refractivity contribution in [1.82, 2.24) is 5.32 Å². The molecule has 1 amide bonds. The summed E-state index contributed by atoms with van der Waals surface area (Å²) in [5.74, 6) is 1.79. The van der Waals surface area contributed by atoms with Crippen molar-refractivity contribution in [3.63, 3.8) is 0 Å². The van der Waals surface area contributed by atoms with E-state index >= 15 is 0 Å². The van der Waals surface area contributed by atoms with Crippen LogP contribution in [0.3, 0.4) is 0 Å². The number of carbonyl (C=O) groups is 1. The van der Waals surface area contributed by atoms with Gasteiger partial charge in [-0.2, -0.15) is 0 Å². The number of rotatable bonds is 6. The fraction of sp³-hybridized carbons (Fsp3) is 0.278. The van der Waals surface area contributed by atoms with E-state index in [0.29, 0.717) is 35.6 Å². The molecule has 0 aromatic heterocycles. The average molecular weight is 398 g/mol. The van der Waals surface area contributed by atoms with Crippen LogP contribution in [0.15, 0.2) is 41.3 Å². The summed E-state index contributed by atoms with van der Waals surface area (Å²) in [6, 6.07) is 11.1. The molecule has 0 aliphatic carbocycles. The van der Waals surface area contributed by atoms with Crippen LogP contribution in [0.4, 0.5) is 0 Å². The quantitative estimate of drug-likeness (QED) is 0.741. The minimum absolute atomic E-state index is 0.0430. The highest BCUT2D eigenvalue weighted by Gasteiger charge is 2.12. The second-order valence-electron chi connectivity index (χ2n) is 5.44. The van der Waals surface area contributed by atoms with E-state index in [1.165, 1.54) is 11.8 Å². The summed E-state index contributed by atoms with van der Waals surface area (Å²) in [5.41, 5.74) is 1.09. The Labute approximate surface area is 160 Å². The lowest BCUT2D eigenvalue weighted by Gasteiger charge is -2.18. The molecule has 0 unspecified atom stereocenters. The van der Waals surface area contributed by atoms with Gasteiger partial charge in [0.1, 0.15) is 13.2 Å². The van der Waals surface area contributed by atoms with Crippen LogP contribution in [-0.2, 0) is 11.2 Å². The Hall–Kier alpha value is -1.56. The Morgan fingerprint density at radius 1 is 1.08 bits per heavy atom. The minimum atomic E-state index is -0.0430. The predicted molar refractivity (Wildman–Crippen MR) is 101 cm³/mol. The van der Waals surface area contributed by atoms with E-state index in [1.54, 1.807) is 18.2 Å². The van der Waals surface area contributed by atoms with Gasteiger partial charge in [-0.1, -0.05) is 29.3 Å². The molecule has 0 atom stereocenters. The normalized spacial score (nSPS) is 12.7. The first-order chi connectivity index (χ1) is 12.1. The molecule has 2 aromatic carbocycles. The third kappa shape index (κ3) is 5.21. The van der Waals surface area contributed by atoms with Gasteiger partial charge in [0.05, 0.1) is 10.8 Å². The summed E-state index contributed by atoms with van der Waals surface area (Å²) in [6.45, 7) is 1.70. The van der Waals surface area contributed by atoms with Gasteiger partial charge in [-0.15, -0.1) is 11.8 Å². The lowest BCUT2D eigenvalue weighted by atomic mass is 10.1. The lowest BCUT2D eigenvalue weighted by Crippen LogP contribution is -2.27. The first kappa shape index (κ1) is 18.2. The fourth-order valence-corrected chi connectivity index (χ4v) is 3.69. The van der Waals surface area contributed by atoms with E-state index in [4.69, 9.17) is 32.7 Å². The molecule has 0 fully saturated rings. The fourth-order valence-electron chi connectivity index (χ4n) is 2.37. The zero-order valence-electron chi connectivity index (χ0n) is 13.4. The van der Waals surface area contributed by atoms with Crippen molar-refractivity contribution < 1.29 is 14.3 Å². The Kier molecular flexibility index (Phi) is 6.34. The smallest absolute Gasteiger partial charge is 0.230 e. The lowest BCUT2D eigenvalue weighted by molar-refractivity contribution is -0.118. The van der Waals surface area contributed by atoms with Crippen LogP contribution < -0.4 is 14.8 Å². The number of benzene rings is 2. The third-order valence-electron chi connectivity index (χ3n) is 3.59. The molecule has 0 saturated carbocycles. The van der Waals surface area contributed by atoms with Crippen LogP contribution in [0, 0.1) is 0 Å². The van der Waals surface area contributed by atoms with Crippen molar-refractivity contribution in [3.05, 3.63) is 52.0 Å². The van der Waals surface area contributed by atoms with E-state index < -0.39 is 0 Å². The number of hydrogen-bond acceptors (Lipinski definition) is 4. The predicted octanol–water partition coefficient (Wildman–Crippen LogP) is 4.22. The monoisotopic (exact) mass is 397 g/mol. The maximum atomic E-state index is 12.0. The molecule has 3 rings (SSSR count). The van der Waals surface area contributed by atoms with E-state index in [1.807, 2.05) is 18.2 Å². The number of ether oxygens (including phenoxy) is 2. The number of thioether (sulfide) groups is 1. The van der Waals surface area contributed by atoms with E-state index in [9.17, 15) is 4.79 Å². The van der Waals surface area contributed by atoms with Crippen molar-refractivity contribution in [2.24, 2.45) is 0 Å². The molecule has 1 heterocycles. The molecule has 25 heavy (non-hydrogen) atoms. The highest BCUT2D eigenvalue weighted by molar-refractivity contribution is 8.00. The molecule has 132 valence electrons. The highest BCUT2D eigenvalue weighted by atomic mass is 35.5. The van der Waals surface area contributed by atoms with Crippen molar-refractivity contribution >= 4 is 40.9 Å². The molecular formula is C18H17Cl2NO3S. The van der Waals surface area contributed by atoms with Gasteiger partial charge in [-0.3, -0.25) is 4.79 Å². The van der Waals surface area contributed by atoms with Gasteiger partial charge in [-0.05, 0) is 42.3 Å². The number of amides is 1. The molecule has 4 nitrogen and oxygen atoms in total. The molecule has 1 aliphatic rings. The van der Waals surface area contributed by atoms with Crippen LogP contribution in [-0.4, -0.2) is 31.4 Å². The second-order valence-corrected chi connectivity index (χ2v) is 7.30. The van der Waals surface area contributed by atoms with Crippen molar-refractivity contribution in [2.45, 2.75) is 11.3 Å². The van der Waals surface area contributed by atoms with Crippen molar-refractivity contribution in [1.29, 1.82) is 0 Å². The first-order valence-corrected chi connectivity index (χ1v) is 9.59. The van der Waals surface area contributed by atoms with Gasteiger partial charge < -0.3 is 14.8 Å². The summed E-state index contributed by atoms with van der Waals surface area (Å²) in [4.78, 5) is 12.8. The van der Waals surface area contributed by atoms with Crippen LogP contribution in [0.25, 0.3) is 0 Å². The van der Waals surface area contributed by atoms with Crippen molar-refractivity contribution in [2.75, 3.05) is 25.5 Å². The molecular weight excluding hydrogens is 381 g/mol. The van der Waals surface area contributed by atoms with Crippen LogP contribution >= 0.6 is 35.0 Å². The molecule has 2 aromatic rings. The summed E-state index contributed by atoms with van der Waals surface area (Å²) in [5, 5.41) is 4.11. The molecule has 0 spiro atoms. The first-order valence-electron chi connectivity index (χ1n) is 7.85. The molecule has 1 N–H and O–H groups in total. The third-order valence-corrected chi connectivity index (χ3v) is 5.33. The number of hydrogen-bond donors (Lipinski definition) is 1. The summed E-state index contributed by atoms with van der Waals surface area (Å²) in [7, 11) is 0.